The van der Waals surface area contributed by atoms with Gasteiger partial charge in [-0.25, -0.2) is 0 Å². The number of nitrogens with zero attached hydrogens (tertiary/aromatic N) is 1. The summed E-state index contributed by atoms with van der Waals surface area (Å²) in [6.45, 7) is 2.69. The lowest BCUT2D eigenvalue weighted by Gasteiger charge is -2.23. The molecular weight excluding hydrogens is 350 g/mol. The second kappa shape index (κ2) is 8.33. The van der Waals surface area contributed by atoms with E-state index in [1.54, 1.807) is 36.6 Å². The Labute approximate surface area is 157 Å². The highest BCUT2D eigenvalue weighted by molar-refractivity contribution is 7.10. The highest BCUT2D eigenvalue weighted by Crippen LogP contribution is 2.34. The molecule has 138 valence electrons. The monoisotopic (exact) mass is 373 g/mol. The zero-order chi connectivity index (χ0) is 18.5. The Balaban J connectivity index is 1.68. The van der Waals surface area contributed by atoms with Crippen LogP contribution in [0.5, 0.6) is 5.75 Å². The molecule has 1 aromatic carbocycles. The van der Waals surface area contributed by atoms with E-state index >= 15 is 0 Å². The summed E-state index contributed by atoms with van der Waals surface area (Å²) >= 11 is 1.74. The molecule has 1 aromatic heterocycles. The number of benzene rings is 1. The summed E-state index contributed by atoms with van der Waals surface area (Å²) in [5, 5.41) is 7.70. The lowest BCUT2D eigenvalue weighted by Crippen LogP contribution is -2.32. The van der Waals surface area contributed by atoms with E-state index in [-0.39, 0.29) is 11.8 Å². The summed E-state index contributed by atoms with van der Waals surface area (Å²) in [5.74, 6) is 0.304. The molecule has 2 heterocycles. The van der Waals surface area contributed by atoms with Gasteiger partial charge in [-0.15, -0.1) is 11.3 Å². The first-order chi connectivity index (χ1) is 12.6. The maximum Gasteiger partial charge on any atom is 0.238 e. The van der Waals surface area contributed by atoms with Gasteiger partial charge in [-0.3, -0.25) is 14.5 Å². The molecular formula is C19H23N3O3S. The minimum Gasteiger partial charge on any atom is -0.495 e. The number of ether oxygens (including phenoxy) is 1. The lowest BCUT2D eigenvalue weighted by atomic mass is 10.2. The van der Waals surface area contributed by atoms with Crippen LogP contribution in [0.15, 0.2) is 35.7 Å². The average molecular weight is 373 g/mol. The fraction of sp³-hybridized carbons (Fsp3) is 0.368. The Bertz CT molecular complexity index is 776. The summed E-state index contributed by atoms with van der Waals surface area (Å²) in [5.41, 5.74) is 1.17. The van der Waals surface area contributed by atoms with Crippen LogP contribution in [-0.2, 0) is 9.59 Å². The lowest BCUT2D eigenvalue weighted by molar-refractivity contribution is -0.117. The van der Waals surface area contributed by atoms with Gasteiger partial charge in [0.05, 0.1) is 19.3 Å². The van der Waals surface area contributed by atoms with Gasteiger partial charge in [-0.2, -0.15) is 0 Å². The van der Waals surface area contributed by atoms with Crippen LogP contribution < -0.4 is 15.4 Å². The van der Waals surface area contributed by atoms with Gasteiger partial charge >= 0.3 is 0 Å². The Morgan fingerprint density at radius 2 is 2.15 bits per heavy atom. The normalized spacial score (nSPS) is 17.1. The van der Waals surface area contributed by atoms with Gasteiger partial charge in [-0.1, -0.05) is 6.07 Å². The first-order valence-corrected chi connectivity index (χ1v) is 9.47. The molecule has 0 radical (unpaired) electrons. The second-order valence-corrected chi connectivity index (χ2v) is 7.27. The molecule has 0 spiro atoms. The van der Waals surface area contributed by atoms with Crippen molar-refractivity contribution in [1.29, 1.82) is 0 Å². The van der Waals surface area contributed by atoms with Crippen molar-refractivity contribution in [3.8, 4) is 5.75 Å². The van der Waals surface area contributed by atoms with Crippen LogP contribution in [0.25, 0.3) is 0 Å². The Hall–Kier alpha value is -2.38. The molecule has 26 heavy (non-hydrogen) atoms. The van der Waals surface area contributed by atoms with Gasteiger partial charge in [0.25, 0.3) is 0 Å². The summed E-state index contributed by atoms with van der Waals surface area (Å²) in [6, 6.07) is 9.67. The molecule has 0 aliphatic carbocycles. The number of methoxy groups -OCH3 is 1. The molecule has 2 amide bonds. The Morgan fingerprint density at radius 3 is 2.85 bits per heavy atom. The van der Waals surface area contributed by atoms with E-state index in [1.165, 1.54) is 11.8 Å². The third-order valence-corrected chi connectivity index (χ3v) is 5.35. The van der Waals surface area contributed by atoms with E-state index in [2.05, 4.69) is 33.0 Å². The predicted molar refractivity (Wildman–Crippen MR) is 104 cm³/mol. The van der Waals surface area contributed by atoms with E-state index < -0.39 is 0 Å². The second-order valence-electron chi connectivity index (χ2n) is 6.29. The molecule has 6 nitrogen and oxygen atoms in total. The number of thiophene rings is 1. The minimum atomic E-state index is -0.164. The molecule has 7 heteroatoms. The van der Waals surface area contributed by atoms with Crippen LogP contribution in [0.3, 0.4) is 0 Å². The molecule has 2 N–H and O–H groups in total. The Morgan fingerprint density at radius 1 is 1.31 bits per heavy atom. The van der Waals surface area contributed by atoms with Crippen molar-refractivity contribution in [1.82, 2.24) is 4.90 Å². The quantitative estimate of drug-likeness (QED) is 0.813. The van der Waals surface area contributed by atoms with Gasteiger partial charge in [0.1, 0.15) is 5.75 Å². The van der Waals surface area contributed by atoms with Crippen molar-refractivity contribution < 1.29 is 14.3 Å². The zero-order valence-electron chi connectivity index (χ0n) is 15.0. The van der Waals surface area contributed by atoms with Gasteiger partial charge in [0.15, 0.2) is 0 Å². The minimum absolute atomic E-state index is 0.0910. The third kappa shape index (κ3) is 4.42. The molecule has 0 saturated carbocycles. The highest BCUT2D eigenvalue weighted by atomic mass is 32.1. The van der Waals surface area contributed by atoms with Crippen molar-refractivity contribution in [2.45, 2.75) is 25.8 Å². The molecule has 1 aliphatic heterocycles. The van der Waals surface area contributed by atoms with Gasteiger partial charge in [0, 0.05) is 23.5 Å². The van der Waals surface area contributed by atoms with Crippen LogP contribution in [0.4, 0.5) is 11.4 Å². The first-order valence-electron chi connectivity index (χ1n) is 8.59. The standard InChI is InChI=1S/C19H23N3O3S/c1-13(23)20-14-7-8-17(25-2)15(11-14)21-19(24)12-22-9-3-5-16(22)18-6-4-10-26-18/h4,6-8,10-11,16H,3,5,9,12H2,1-2H3,(H,20,23)(H,21,24)/t16-/m1/s1. The molecule has 2 aromatic rings. The van der Waals surface area contributed by atoms with E-state index in [9.17, 15) is 9.59 Å². The molecule has 0 bridgehead atoms. The van der Waals surface area contributed by atoms with Crippen molar-refractivity contribution in [2.75, 3.05) is 30.8 Å². The fourth-order valence-corrected chi connectivity index (χ4v) is 4.17. The summed E-state index contributed by atoms with van der Waals surface area (Å²) in [4.78, 5) is 27.4. The van der Waals surface area contributed by atoms with Crippen molar-refractivity contribution in [3.05, 3.63) is 40.6 Å². The van der Waals surface area contributed by atoms with Gasteiger partial charge in [0.2, 0.25) is 11.8 Å². The maximum absolute atomic E-state index is 12.6. The van der Waals surface area contributed by atoms with Gasteiger partial charge in [-0.05, 0) is 49.0 Å². The smallest absolute Gasteiger partial charge is 0.238 e. The van der Waals surface area contributed by atoms with E-state index in [4.69, 9.17) is 4.74 Å². The van der Waals surface area contributed by atoms with Crippen LogP contribution in [-0.4, -0.2) is 36.9 Å². The third-order valence-electron chi connectivity index (χ3n) is 4.38. The topological polar surface area (TPSA) is 70.7 Å². The Kier molecular flexibility index (Phi) is 5.90. The van der Waals surface area contributed by atoms with E-state index in [0.717, 1.165) is 19.4 Å². The van der Waals surface area contributed by atoms with Crippen LogP contribution in [0.1, 0.15) is 30.7 Å². The van der Waals surface area contributed by atoms with Crippen LogP contribution in [0.2, 0.25) is 0 Å². The number of anilines is 2. The van der Waals surface area contributed by atoms with Crippen LogP contribution in [0, 0.1) is 0 Å². The maximum atomic E-state index is 12.6. The summed E-state index contributed by atoms with van der Waals surface area (Å²) in [6.07, 6.45) is 2.17. The predicted octanol–water partition coefficient (Wildman–Crippen LogP) is 3.49. The van der Waals surface area contributed by atoms with Gasteiger partial charge < -0.3 is 15.4 Å². The number of hydrogen-bond acceptors (Lipinski definition) is 5. The largest absolute Gasteiger partial charge is 0.495 e. The van der Waals surface area contributed by atoms with E-state index in [1.807, 2.05) is 0 Å². The zero-order valence-corrected chi connectivity index (χ0v) is 15.8. The van der Waals surface area contributed by atoms with Crippen molar-refractivity contribution in [3.63, 3.8) is 0 Å². The molecule has 1 fully saturated rings. The number of hydrogen-bond donors (Lipinski definition) is 2. The van der Waals surface area contributed by atoms with E-state index in [0.29, 0.717) is 29.7 Å². The van der Waals surface area contributed by atoms with Crippen LogP contribution >= 0.6 is 11.3 Å². The molecule has 0 unspecified atom stereocenters. The van der Waals surface area contributed by atoms with Crippen molar-refractivity contribution >= 4 is 34.5 Å². The molecule has 1 aliphatic rings. The number of likely N-dealkylation sites (tertiary alicyclic amines) is 1. The number of carbonyl (C=O) groups is 2. The highest BCUT2D eigenvalue weighted by Gasteiger charge is 2.28. The summed E-state index contributed by atoms with van der Waals surface area (Å²) < 4.78 is 5.32. The average Bonchev–Trinajstić information content (AvgIpc) is 3.25. The first kappa shape index (κ1) is 18.4. The number of amides is 2. The number of rotatable bonds is 6. The molecule has 1 saturated heterocycles. The fourth-order valence-electron chi connectivity index (χ4n) is 3.28. The SMILES string of the molecule is COc1ccc(NC(C)=O)cc1NC(=O)CN1CCC[C@@H]1c1cccs1. The number of nitrogens with one attached hydrogen (secondary N) is 2. The number of carbonyl (C=O) groups excluding carboxylic acids is 2. The molecule has 3 rings (SSSR count). The summed E-state index contributed by atoms with van der Waals surface area (Å²) in [7, 11) is 1.55. The van der Waals surface area contributed by atoms with Crippen molar-refractivity contribution in [2.24, 2.45) is 0 Å². The molecule has 1 atom stereocenters.